The molecule has 6 nitrogen and oxygen atoms in total. The van der Waals surface area contributed by atoms with Crippen LogP contribution >= 0.6 is 0 Å². The number of hydrogen-bond acceptors (Lipinski definition) is 5. The van der Waals surface area contributed by atoms with E-state index in [1.54, 1.807) is 6.07 Å². The van der Waals surface area contributed by atoms with E-state index in [1.807, 2.05) is 0 Å². The van der Waals surface area contributed by atoms with Crippen LogP contribution in [0.2, 0.25) is 0 Å². The molecule has 94 valence electrons. The summed E-state index contributed by atoms with van der Waals surface area (Å²) in [5, 5.41) is 13.7. The number of nitrogens with one attached hydrogen (secondary N) is 1. The molecule has 0 radical (unpaired) electrons. The first kappa shape index (κ1) is 12.1. The van der Waals surface area contributed by atoms with E-state index < -0.39 is 4.92 Å². The first-order chi connectivity index (χ1) is 8.20. The van der Waals surface area contributed by atoms with Crippen LogP contribution in [0.1, 0.15) is 19.1 Å². The molecule has 0 saturated carbocycles. The highest BCUT2D eigenvalue weighted by Gasteiger charge is 2.25. The molecule has 0 aromatic carbocycles. The Morgan fingerprint density at radius 3 is 2.82 bits per heavy atom. The van der Waals surface area contributed by atoms with Crippen LogP contribution in [0.15, 0.2) is 16.5 Å². The van der Waals surface area contributed by atoms with Crippen molar-refractivity contribution < 1.29 is 9.34 Å². The van der Waals surface area contributed by atoms with Crippen molar-refractivity contribution in [1.29, 1.82) is 0 Å². The molecule has 1 saturated heterocycles. The van der Waals surface area contributed by atoms with Crippen LogP contribution in [0.4, 0.5) is 5.88 Å². The van der Waals surface area contributed by atoms with E-state index in [9.17, 15) is 10.1 Å². The van der Waals surface area contributed by atoms with E-state index in [0.29, 0.717) is 18.3 Å². The molecule has 2 heterocycles. The third-order valence-corrected chi connectivity index (χ3v) is 2.97. The minimum atomic E-state index is -0.501. The van der Waals surface area contributed by atoms with Gasteiger partial charge in [-0.25, -0.2) is 0 Å². The van der Waals surface area contributed by atoms with E-state index >= 15 is 0 Å². The van der Waals surface area contributed by atoms with Gasteiger partial charge >= 0.3 is 5.88 Å². The van der Waals surface area contributed by atoms with Gasteiger partial charge in [-0.15, -0.1) is 0 Å². The molecule has 1 aliphatic heterocycles. The Labute approximate surface area is 99.7 Å². The lowest BCUT2D eigenvalue weighted by Crippen LogP contribution is -2.56. The Kier molecular flexibility index (Phi) is 3.75. The molecule has 1 aromatic heterocycles. The van der Waals surface area contributed by atoms with Crippen molar-refractivity contribution >= 4 is 5.88 Å². The third-order valence-electron chi connectivity index (χ3n) is 2.97. The van der Waals surface area contributed by atoms with Gasteiger partial charge in [0.2, 0.25) is 0 Å². The minimum Gasteiger partial charge on any atom is -0.404 e. The van der Waals surface area contributed by atoms with Gasteiger partial charge in [0, 0.05) is 19.1 Å². The molecule has 0 amide bonds. The predicted octanol–water partition coefficient (Wildman–Crippen LogP) is 1.37. The molecule has 0 spiro atoms. The van der Waals surface area contributed by atoms with Gasteiger partial charge in [0.1, 0.15) is 10.7 Å². The summed E-state index contributed by atoms with van der Waals surface area (Å²) in [5.41, 5.74) is 0. The highest BCUT2D eigenvalue weighted by Crippen LogP contribution is 2.19. The van der Waals surface area contributed by atoms with E-state index in [-0.39, 0.29) is 5.88 Å². The smallest absolute Gasteiger partial charge is 0.404 e. The zero-order chi connectivity index (χ0) is 12.3. The quantitative estimate of drug-likeness (QED) is 0.599. The molecular weight excluding hydrogens is 222 g/mol. The lowest BCUT2D eigenvalue weighted by atomic mass is 10.1. The van der Waals surface area contributed by atoms with E-state index in [0.717, 1.165) is 26.1 Å². The molecule has 0 atom stereocenters. The Balaban J connectivity index is 1.98. The van der Waals surface area contributed by atoms with Crippen LogP contribution in [0, 0.1) is 10.1 Å². The van der Waals surface area contributed by atoms with Crippen molar-refractivity contribution in [2.45, 2.75) is 25.9 Å². The van der Waals surface area contributed by atoms with Gasteiger partial charge in [-0.3, -0.25) is 15.0 Å². The summed E-state index contributed by atoms with van der Waals surface area (Å²) >= 11 is 0. The topological polar surface area (TPSA) is 71.5 Å². The standard InChI is InChI=1S/C11H17N3O3/c1-2-5-13(9-6-12-7-9)8-10-3-4-11(17-10)14(15)16/h3-4,9,12H,2,5-8H2,1H3. The van der Waals surface area contributed by atoms with Crippen molar-refractivity contribution in [2.75, 3.05) is 19.6 Å². The van der Waals surface area contributed by atoms with Crippen molar-refractivity contribution in [2.24, 2.45) is 0 Å². The largest absolute Gasteiger partial charge is 0.433 e. The fourth-order valence-corrected chi connectivity index (χ4v) is 1.96. The average Bonchev–Trinajstić information content (AvgIpc) is 2.64. The zero-order valence-electron chi connectivity index (χ0n) is 9.89. The molecule has 6 heteroatoms. The molecule has 0 unspecified atom stereocenters. The van der Waals surface area contributed by atoms with Gasteiger partial charge in [0.15, 0.2) is 0 Å². The van der Waals surface area contributed by atoms with Gasteiger partial charge < -0.3 is 9.73 Å². The number of hydrogen-bond donors (Lipinski definition) is 1. The SMILES string of the molecule is CCCN(Cc1ccc([N+](=O)[O-])o1)C1CNC1. The summed E-state index contributed by atoms with van der Waals surface area (Å²) < 4.78 is 5.18. The molecule has 1 aliphatic rings. The molecule has 0 bridgehead atoms. The second-order valence-electron chi connectivity index (χ2n) is 4.28. The van der Waals surface area contributed by atoms with Gasteiger partial charge in [-0.1, -0.05) is 6.92 Å². The summed E-state index contributed by atoms with van der Waals surface area (Å²) in [6.45, 7) is 5.74. The Morgan fingerprint density at radius 2 is 2.35 bits per heavy atom. The monoisotopic (exact) mass is 239 g/mol. The van der Waals surface area contributed by atoms with Crippen molar-refractivity contribution in [3.63, 3.8) is 0 Å². The van der Waals surface area contributed by atoms with Gasteiger partial charge in [0.25, 0.3) is 0 Å². The molecule has 0 aliphatic carbocycles. The van der Waals surface area contributed by atoms with Crippen molar-refractivity contribution in [1.82, 2.24) is 10.2 Å². The Bertz CT molecular complexity index is 387. The first-order valence-corrected chi connectivity index (χ1v) is 5.88. The highest BCUT2D eigenvalue weighted by atomic mass is 16.6. The van der Waals surface area contributed by atoms with Crippen LogP contribution in [-0.4, -0.2) is 35.5 Å². The maximum absolute atomic E-state index is 10.5. The van der Waals surface area contributed by atoms with Crippen molar-refractivity contribution in [3.8, 4) is 0 Å². The van der Waals surface area contributed by atoms with E-state index in [4.69, 9.17) is 4.42 Å². The molecule has 1 N–H and O–H groups in total. The fourth-order valence-electron chi connectivity index (χ4n) is 1.96. The number of nitro groups is 1. The van der Waals surface area contributed by atoms with Gasteiger partial charge in [-0.05, 0) is 19.0 Å². The van der Waals surface area contributed by atoms with Crippen LogP contribution < -0.4 is 5.32 Å². The lowest BCUT2D eigenvalue weighted by molar-refractivity contribution is -0.402. The Morgan fingerprint density at radius 1 is 1.59 bits per heavy atom. The molecule has 2 rings (SSSR count). The van der Waals surface area contributed by atoms with Crippen LogP contribution in [-0.2, 0) is 6.54 Å². The maximum Gasteiger partial charge on any atom is 0.433 e. The van der Waals surface area contributed by atoms with E-state index in [2.05, 4.69) is 17.1 Å². The van der Waals surface area contributed by atoms with Crippen LogP contribution in [0.5, 0.6) is 0 Å². The summed E-state index contributed by atoms with van der Waals surface area (Å²) in [6.07, 6.45) is 1.07. The second-order valence-corrected chi connectivity index (χ2v) is 4.28. The van der Waals surface area contributed by atoms with Crippen molar-refractivity contribution in [3.05, 3.63) is 28.0 Å². The predicted molar refractivity (Wildman–Crippen MR) is 62.7 cm³/mol. The second kappa shape index (κ2) is 5.29. The summed E-state index contributed by atoms with van der Waals surface area (Å²) in [4.78, 5) is 12.3. The Hall–Kier alpha value is -1.40. The fraction of sp³-hybridized carbons (Fsp3) is 0.636. The number of furan rings is 1. The number of rotatable bonds is 6. The zero-order valence-corrected chi connectivity index (χ0v) is 9.89. The van der Waals surface area contributed by atoms with Crippen LogP contribution in [0.3, 0.4) is 0 Å². The highest BCUT2D eigenvalue weighted by molar-refractivity contribution is 5.17. The summed E-state index contributed by atoms with van der Waals surface area (Å²) in [6, 6.07) is 3.63. The first-order valence-electron chi connectivity index (χ1n) is 5.88. The molecule has 17 heavy (non-hydrogen) atoms. The summed E-state index contributed by atoms with van der Waals surface area (Å²) in [5.74, 6) is 0.486. The minimum absolute atomic E-state index is 0.178. The average molecular weight is 239 g/mol. The third kappa shape index (κ3) is 2.83. The van der Waals surface area contributed by atoms with Gasteiger partial charge in [0.05, 0.1) is 12.6 Å². The van der Waals surface area contributed by atoms with Gasteiger partial charge in [-0.2, -0.15) is 0 Å². The maximum atomic E-state index is 10.5. The normalized spacial score (nSPS) is 16.1. The molecule has 1 fully saturated rings. The lowest BCUT2D eigenvalue weighted by Gasteiger charge is -2.37. The molecule has 1 aromatic rings. The number of nitrogens with zero attached hydrogens (tertiary/aromatic N) is 2. The van der Waals surface area contributed by atoms with Crippen LogP contribution in [0.25, 0.3) is 0 Å². The molecular formula is C11H17N3O3. The van der Waals surface area contributed by atoms with E-state index in [1.165, 1.54) is 6.07 Å². The summed E-state index contributed by atoms with van der Waals surface area (Å²) in [7, 11) is 0.